The molecule has 1 unspecified atom stereocenters. The zero-order chi connectivity index (χ0) is 15.7. The standard InChI is InChI=1S/C15H13N5OS/c1-8-3-10-4-12(18-7-13(10)21-8)9(2)22-15-19-11(6-16)5-14(17)20-15/h3-5,7,9H,1-2H3,(H2,17,19,20). The van der Waals surface area contributed by atoms with Gasteiger partial charge in [-0.25, -0.2) is 9.97 Å². The Hall–Kier alpha value is -2.59. The van der Waals surface area contributed by atoms with Crippen LogP contribution < -0.4 is 5.73 Å². The number of nitrogens with two attached hydrogens (primary N) is 1. The Labute approximate surface area is 131 Å². The molecule has 6 nitrogen and oxygen atoms in total. The molecule has 0 aliphatic rings. The molecule has 0 saturated carbocycles. The van der Waals surface area contributed by atoms with Gasteiger partial charge in [0.25, 0.3) is 0 Å². The fourth-order valence-electron chi connectivity index (χ4n) is 2.09. The first-order chi connectivity index (χ1) is 10.5. The van der Waals surface area contributed by atoms with Crippen molar-refractivity contribution in [3.05, 3.63) is 41.5 Å². The largest absolute Gasteiger partial charge is 0.460 e. The molecule has 3 aromatic heterocycles. The van der Waals surface area contributed by atoms with Gasteiger partial charge >= 0.3 is 0 Å². The smallest absolute Gasteiger partial charge is 0.191 e. The van der Waals surface area contributed by atoms with Crippen molar-refractivity contribution in [1.82, 2.24) is 15.0 Å². The fraction of sp³-hybridized carbons (Fsp3) is 0.200. The van der Waals surface area contributed by atoms with Crippen LogP contribution in [-0.4, -0.2) is 15.0 Å². The van der Waals surface area contributed by atoms with Crippen molar-refractivity contribution in [2.75, 3.05) is 5.73 Å². The molecule has 0 fully saturated rings. The molecule has 0 spiro atoms. The van der Waals surface area contributed by atoms with Gasteiger partial charge in [-0.15, -0.1) is 0 Å². The number of nitrogen functional groups attached to an aromatic ring is 1. The molecule has 1 atom stereocenters. The van der Waals surface area contributed by atoms with Gasteiger partial charge < -0.3 is 10.2 Å². The van der Waals surface area contributed by atoms with E-state index in [1.54, 1.807) is 6.20 Å². The zero-order valence-electron chi connectivity index (χ0n) is 12.1. The first-order valence-corrected chi connectivity index (χ1v) is 7.50. The Morgan fingerprint density at radius 3 is 2.91 bits per heavy atom. The first kappa shape index (κ1) is 14.4. The second kappa shape index (κ2) is 5.66. The van der Waals surface area contributed by atoms with Crippen molar-refractivity contribution in [3.8, 4) is 6.07 Å². The van der Waals surface area contributed by atoms with E-state index in [1.807, 2.05) is 32.0 Å². The summed E-state index contributed by atoms with van der Waals surface area (Å²) >= 11 is 1.41. The van der Waals surface area contributed by atoms with Crippen molar-refractivity contribution in [1.29, 1.82) is 5.26 Å². The molecule has 3 heterocycles. The number of aromatic nitrogens is 3. The maximum absolute atomic E-state index is 8.93. The Balaban J connectivity index is 1.88. The lowest BCUT2D eigenvalue weighted by Crippen LogP contribution is -1.99. The minimum absolute atomic E-state index is 0.0212. The Morgan fingerprint density at radius 2 is 2.14 bits per heavy atom. The summed E-state index contributed by atoms with van der Waals surface area (Å²) in [4.78, 5) is 12.7. The third kappa shape index (κ3) is 2.87. The number of fused-ring (bicyclic) bond motifs is 1. The van der Waals surface area contributed by atoms with Crippen LogP contribution in [0.2, 0.25) is 0 Å². The van der Waals surface area contributed by atoms with Crippen LogP contribution in [0.25, 0.3) is 11.0 Å². The number of hydrogen-bond acceptors (Lipinski definition) is 7. The van der Waals surface area contributed by atoms with Crippen molar-refractivity contribution in [2.45, 2.75) is 24.3 Å². The quantitative estimate of drug-likeness (QED) is 0.585. The predicted octanol–water partition coefficient (Wildman–Crippen LogP) is 3.23. The van der Waals surface area contributed by atoms with Crippen LogP contribution in [0.3, 0.4) is 0 Å². The monoisotopic (exact) mass is 311 g/mol. The van der Waals surface area contributed by atoms with Crippen LogP contribution in [-0.2, 0) is 0 Å². The van der Waals surface area contributed by atoms with Crippen molar-refractivity contribution >= 4 is 28.5 Å². The maximum atomic E-state index is 8.93. The number of pyridine rings is 1. The molecule has 3 rings (SSSR count). The number of anilines is 1. The van der Waals surface area contributed by atoms with E-state index in [9.17, 15) is 0 Å². The van der Waals surface area contributed by atoms with E-state index in [0.29, 0.717) is 5.16 Å². The fourth-order valence-corrected chi connectivity index (χ4v) is 2.96. The maximum Gasteiger partial charge on any atom is 0.191 e. The molecule has 7 heteroatoms. The first-order valence-electron chi connectivity index (χ1n) is 6.62. The van der Waals surface area contributed by atoms with E-state index in [4.69, 9.17) is 15.4 Å². The molecule has 0 aromatic carbocycles. The molecule has 0 aliphatic carbocycles. The summed E-state index contributed by atoms with van der Waals surface area (Å²) in [6.07, 6.45) is 1.72. The summed E-state index contributed by atoms with van der Waals surface area (Å²) in [5.41, 5.74) is 7.60. The molecule has 0 radical (unpaired) electrons. The molecule has 0 amide bonds. The molecule has 22 heavy (non-hydrogen) atoms. The summed E-state index contributed by atoms with van der Waals surface area (Å²) in [7, 11) is 0. The number of nitrogens with zero attached hydrogens (tertiary/aromatic N) is 4. The highest BCUT2D eigenvalue weighted by atomic mass is 32.2. The summed E-state index contributed by atoms with van der Waals surface area (Å²) in [5, 5.41) is 10.4. The van der Waals surface area contributed by atoms with Gasteiger partial charge in [0, 0.05) is 11.5 Å². The number of furan rings is 1. The molecule has 0 bridgehead atoms. The van der Waals surface area contributed by atoms with E-state index in [0.717, 1.165) is 22.4 Å². The summed E-state index contributed by atoms with van der Waals surface area (Å²) < 4.78 is 5.52. The van der Waals surface area contributed by atoms with Crippen molar-refractivity contribution < 1.29 is 4.42 Å². The molecular weight excluding hydrogens is 298 g/mol. The van der Waals surface area contributed by atoms with Crippen LogP contribution in [0.1, 0.15) is 29.3 Å². The lowest BCUT2D eigenvalue weighted by Gasteiger charge is -2.09. The van der Waals surface area contributed by atoms with Crippen LogP contribution in [0.4, 0.5) is 5.82 Å². The topological polar surface area (TPSA) is 102 Å². The van der Waals surface area contributed by atoms with E-state index in [-0.39, 0.29) is 16.8 Å². The number of rotatable bonds is 3. The van der Waals surface area contributed by atoms with E-state index >= 15 is 0 Å². The molecule has 2 N–H and O–H groups in total. The normalized spacial score (nSPS) is 12.2. The predicted molar refractivity (Wildman–Crippen MR) is 84.2 cm³/mol. The van der Waals surface area contributed by atoms with E-state index in [2.05, 4.69) is 15.0 Å². The van der Waals surface area contributed by atoms with E-state index in [1.165, 1.54) is 17.8 Å². The van der Waals surface area contributed by atoms with Gasteiger partial charge in [0.05, 0.1) is 17.1 Å². The third-order valence-electron chi connectivity index (χ3n) is 3.09. The second-order valence-electron chi connectivity index (χ2n) is 4.84. The van der Waals surface area contributed by atoms with E-state index < -0.39 is 0 Å². The van der Waals surface area contributed by atoms with Crippen LogP contribution in [0.5, 0.6) is 0 Å². The Kier molecular flexibility index (Phi) is 3.69. The molecule has 0 saturated heterocycles. The molecular formula is C15H13N5OS. The van der Waals surface area contributed by atoms with Gasteiger partial charge in [0.2, 0.25) is 0 Å². The average molecular weight is 311 g/mol. The average Bonchev–Trinajstić information content (AvgIpc) is 2.85. The van der Waals surface area contributed by atoms with Crippen LogP contribution >= 0.6 is 11.8 Å². The van der Waals surface area contributed by atoms with Gasteiger partial charge in [-0.2, -0.15) is 5.26 Å². The van der Waals surface area contributed by atoms with Crippen LogP contribution in [0.15, 0.2) is 34.0 Å². The van der Waals surface area contributed by atoms with Crippen molar-refractivity contribution in [2.24, 2.45) is 0 Å². The number of thioether (sulfide) groups is 1. The highest BCUT2D eigenvalue weighted by Crippen LogP contribution is 2.33. The minimum atomic E-state index is 0.0212. The second-order valence-corrected chi connectivity index (χ2v) is 6.14. The van der Waals surface area contributed by atoms with Crippen molar-refractivity contribution in [3.63, 3.8) is 0 Å². The Bertz CT molecular complexity index is 883. The number of aryl methyl sites for hydroxylation is 1. The third-order valence-corrected chi connectivity index (χ3v) is 4.08. The minimum Gasteiger partial charge on any atom is -0.460 e. The van der Waals surface area contributed by atoms with Gasteiger partial charge in [-0.3, -0.25) is 4.98 Å². The molecule has 3 aromatic rings. The summed E-state index contributed by atoms with van der Waals surface area (Å²) in [5.74, 6) is 1.14. The highest BCUT2D eigenvalue weighted by Gasteiger charge is 2.14. The Morgan fingerprint density at radius 1 is 1.32 bits per heavy atom. The van der Waals surface area contributed by atoms with Gasteiger partial charge in [0.1, 0.15) is 23.3 Å². The highest BCUT2D eigenvalue weighted by molar-refractivity contribution is 7.99. The summed E-state index contributed by atoms with van der Waals surface area (Å²) in [6.45, 7) is 3.91. The molecule has 110 valence electrons. The van der Waals surface area contributed by atoms with Crippen LogP contribution in [0, 0.1) is 18.3 Å². The lowest BCUT2D eigenvalue weighted by atomic mass is 10.2. The number of nitriles is 1. The van der Waals surface area contributed by atoms with Gasteiger partial charge in [-0.1, -0.05) is 11.8 Å². The SMILES string of the molecule is Cc1cc2cc(C(C)Sc3nc(N)cc(C#N)n3)ncc2o1. The lowest BCUT2D eigenvalue weighted by molar-refractivity contribution is 0.577. The van der Waals surface area contributed by atoms with Gasteiger partial charge in [0.15, 0.2) is 10.7 Å². The molecule has 0 aliphatic heterocycles. The van der Waals surface area contributed by atoms with Gasteiger partial charge in [-0.05, 0) is 26.0 Å². The summed E-state index contributed by atoms with van der Waals surface area (Å²) in [6, 6.07) is 7.39. The zero-order valence-corrected chi connectivity index (χ0v) is 12.9. The number of hydrogen-bond donors (Lipinski definition) is 1.